The molecule has 3 atom stereocenters. The van der Waals surface area contributed by atoms with Crippen LogP contribution in [0.1, 0.15) is 19.8 Å². The minimum absolute atomic E-state index is 0.00593. The number of carbonyl (C=O) groups excluding carboxylic acids is 1. The van der Waals surface area contributed by atoms with Gasteiger partial charge in [-0.2, -0.15) is 4.31 Å². The summed E-state index contributed by atoms with van der Waals surface area (Å²) in [6.07, 6.45) is 2.28. The van der Waals surface area contributed by atoms with Crippen LogP contribution in [0.15, 0.2) is 23.1 Å². The fourth-order valence-corrected chi connectivity index (χ4v) is 7.36. The van der Waals surface area contributed by atoms with E-state index in [2.05, 4.69) is 17.1 Å². The van der Waals surface area contributed by atoms with Crippen molar-refractivity contribution >= 4 is 39.1 Å². The molecule has 3 aliphatic rings. The highest BCUT2D eigenvalue weighted by molar-refractivity contribution is 7.89. The third-order valence-electron chi connectivity index (χ3n) is 6.99. The van der Waals surface area contributed by atoms with Gasteiger partial charge in [-0.1, -0.05) is 29.3 Å². The first-order chi connectivity index (χ1) is 16.8. The zero-order valence-corrected chi connectivity index (χ0v) is 22.3. The molecule has 1 N–H and O–H groups in total. The topological polar surface area (TPSA) is 91.4 Å². The van der Waals surface area contributed by atoms with Crippen LogP contribution in [0, 0.1) is 0 Å². The van der Waals surface area contributed by atoms with E-state index in [0.29, 0.717) is 25.2 Å². The number of benzene rings is 1. The fraction of sp³-hybridized carbons (Fsp3) is 0.696. The molecule has 0 aromatic heterocycles. The molecule has 1 aromatic rings. The second kappa shape index (κ2) is 12.0. The minimum atomic E-state index is -3.90. The molecular weight excluding hydrogens is 515 g/mol. The summed E-state index contributed by atoms with van der Waals surface area (Å²) in [5.41, 5.74) is 0. The van der Waals surface area contributed by atoms with Crippen molar-refractivity contribution in [2.24, 2.45) is 0 Å². The molecule has 3 fully saturated rings. The molecule has 35 heavy (non-hydrogen) atoms. The Hall–Kier alpha value is -0.980. The van der Waals surface area contributed by atoms with Gasteiger partial charge in [0, 0.05) is 44.8 Å². The maximum Gasteiger partial charge on any atom is 0.248 e. The van der Waals surface area contributed by atoms with Gasteiger partial charge in [0.1, 0.15) is 11.5 Å². The summed E-state index contributed by atoms with van der Waals surface area (Å²) < 4.78 is 39.1. The number of amides is 1. The number of morpholine rings is 1. The van der Waals surface area contributed by atoms with E-state index in [1.54, 1.807) is 12.1 Å². The molecule has 1 amide bonds. The van der Waals surface area contributed by atoms with Crippen molar-refractivity contribution in [1.82, 2.24) is 19.4 Å². The number of piperazine rings is 1. The largest absolute Gasteiger partial charge is 0.378 e. The molecule has 0 radical (unpaired) electrons. The van der Waals surface area contributed by atoms with Crippen LogP contribution in [0.4, 0.5) is 0 Å². The van der Waals surface area contributed by atoms with Crippen LogP contribution in [0.2, 0.25) is 10.0 Å². The minimum Gasteiger partial charge on any atom is -0.378 e. The first kappa shape index (κ1) is 27.1. The maximum absolute atomic E-state index is 13.3. The van der Waals surface area contributed by atoms with Crippen molar-refractivity contribution in [3.05, 3.63) is 28.2 Å². The number of sulfonamides is 1. The molecule has 0 aliphatic carbocycles. The Kier molecular flexibility index (Phi) is 9.31. The summed E-state index contributed by atoms with van der Waals surface area (Å²) >= 11 is 12.2. The number of halogens is 2. The van der Waals surface area contributed by atoms with Crippen molar-refractivity contribution < 1.29 is 22.7 Å². The van der Waals surface area contributed by atoms with Crippen LogP contribution < -0.4 is 5.32 Å². The molecule has 3 aliphatic heterocycles. The van der Waals surface area contributed by atoms with Crippen LogP contribution in [0.5, 0.6) is 0 Å². The van der Waals surface area contributed by atoms with Crippen LogP contribution >= 0.6 is 23.2 Å². The van der Waals surface area contributed by atoms with Gasteiger partial charge in [0.25, 0.3) is 0 Å². The Balaban J connectivity index is 1.28. The normalized spacial score (nSPS) is 27.2. The first-order valence-corrected chi connectivity index (χ1v) is 14.3. The number of ether oxygens (including phenoxy) is 2. The molecular formula is C23H34Cl2N4O5S. The highest BCUT2D eigenvalue weighted by Crippen LogP contribution is 2.32. The quantitative estimate of drug-likeness (QED) is 0.554. The predicted octanol–water partition coefficient (Wildman–Crippen LogP) is 1.68. The zero-order chi connectivity index (χ0) is 25.0. The molecule has 0 saturated carbocycles. The second-order valence-electron chi connectivity index (χ2n) is 9.36. The van der Waals surface area contributed by atoms with Gasteiger partial charge in [-0.3, -0.25) is 9.69 Å². The van der Waals surface area contributed by atoms with Crippen LogP contribution in [0.3, 0.4) is 0 Å². The molecule has 0 spiro atoms. The van der Waals surface area contributed by atoms with Gasteiger partial charge < -0.3 is 19.7 Å². The van der Waals surface area contributed by atoms with Crippen LogP contribution in [-0.2, 0) is 24.3 Å². The van der Waals surface area contributed by atoms with E-state index in [1.165, 1.54) is 10.4 Å². The van der Waals surface area contributed by atoms with E-state index in [0.717, 1.165) is 32.5 Å². The van der Waals surface area contributed by atoms with E-state index in [1.807, 2.05) is 4.90 Å². The monoisotopic (exact) mass is 548 g/mol. The number of carbonyl (C=O) groups is 1. The molecule has 196 valence electrons. The van der Waals surface area contributed by atoms with Gasteiger partial charge >= 0.3 is 0 Å². The summed E-state index contributed by atoms with van der Waals surface area (Å²) in [5, 5.41) is 3.65. The molecule has 2 unspecified atom stereocenters. The Morgan fingerprint density at radius 2 is 1.97 bits per heavy atom. The lowest BCUT2D eigenvalue weighted by atomic mass is 9.98. The standard InChI is InChI=1S/C23H34Cl2N4O5S/c1-17-13-18(5-6-26-17)27-7-9-28(10-8-27)22(30)16-34-15-19-14-33-12-11-29(19)35(31,32)21-4-2-3-20(24)23(21)25/h2-4,17-19,26H,5-16H2,1H3/t17?,18?,19-/m0/s1. The lowest BCUT2D eigenvalue weighted by Gasteiger charge is -2.42. The van der Waals surface area contributed by atoms with E-state index in [-0.39, 0.29) is 53.8 Å². The molecule has 12 heteroatoms. The van der Waals surface area contributed by atoms with Gasteiger partial charge in [-0.05, 0) is 38.4 Å². The molecule has 4 rings (SSSR count). The molecule has 9 nitrogen and oxygen atoms in total. The maximum atomic E-state index is 13.3. The third-order valence-corrected chi connectivity index (χ3v) is 9.92. The predicted molar refractivity (Wildman–Crippen MR) is 134 cm³/mol. The lowest BCUT2D eigenvalue weighted by molar-refractivity contribution is -0.139. The van der Waals surface area contributed by atoms with E-state index >= 15 is 0 Å². The summed E-state index contributed by atoms with van der Waals surface area (Å²) in [5.74, 6) is -0.0765. The van der Waals surface area contributed by atoms with Crippen molar-refractivity contribution in [2.45, 2.75) is 42.8 Å². The average molecular weight is 550 g/mol. The van der Waals surface area contributed by atoms with Crippen molar-refractivity contribution in [3.63, 3.8) is 0 Å². The van der Waals surface area contributed by atoms with Crippen molar-refractivity contribution in [1.29, 1.82) is 0 Å². The highest BCUT2D eigenvalue weighted by atomic mass is 35.5. The average Bonchev–Trinajstić information content (AvgIpc) is 2.86. The van der Waals surface area contributed by atoms with Crippen molar-refractivity contribution in [2.75, 3.05) is 65.7 Å². The van der Waals surface area contributed by atoms with Gasteiger partial charge in [-0.25, -0.2) is 8.42 Å². The first-order valence-electron chi connectivity index (χ1n) is 12.1. The second-order valence-corrected chi connectivity index (χ2v) is 12.0. The third kappa shape index (κ3) is 6.48. The Morgan fingerprint density at radius 3 is 2.71 bits per heavy atom. The van der Waals surface area contributed by atoms with Gasteiger partial charge in [0.15, 0.2) is 0 Å². The highest BCUT2D eigenvalue weighted by Gasteiger charge is 2.36. The fourth-order valence-electron chi connectivity index (χ4n) is 5.04. The Bertz CT molecular complexity index is 990. The van der Waals surface area contributed by atoms with E-state index in [4.69, 9.17) is 32.7 Å². The Labute approximate surface area is 217 Å². The number of rotatable bonds is 7. The zero-order valence-electron chi connectivity index (χ0n) is 20.0. The molecule has 3 saturated heterocycles. The van der Waals surface area contributed by atoms with Crippen LogP contribution in [-0.4, -0.2) is 112 Å². The molecule has 1 aromatic carbocycles. The lowest BCUT2D eigenvalue weighted by Crippen LogP contribution is -2.55. The summed E-state index contributed by atoms with van der Waals surface area (Å²) in [7, 11) is -3.90. The summed E-state index contributed by atoms with van der Waals surface area (Å²) in [4.78, 5) is 17.0. The van der Waals surface area contributed by atoms with Gasteiger partial charge in [0.05, 0.1) is 35.9 Å². The Morgan fingerprint density at radius 1 is 1.20 bits per heavy atom. The SMILES string of the molecule is CC1CC(N2CCN(C(=O)COC[C@@H]3COCCN3S(=O)(=O)c3cccc(Cl)c3Cl)CC2)CCN1. The number of nitrogens with zero attached hydrogens (tertiary/aromatic N) is 3. The molecule has 3 heterocycles. The number of hydrogen-bond acceptors (Lipinski definition) is 7. The van der Waals surface area contributed by atoms with E-state index < -0.39 is 16.1 Å². The van der Waals surface area contributed by atoms with Gasteiger partial charge in [-0.15, -0.1) is 0 Å². The van der Waals surface area contributed by atoms with Gasteiger partial charge in [0.2, 0.25) is 15.9 Å². The number of nitrogens with one attached hydrogen (secondary N) is 1. The number of hydrogen-bond donors (Lipinski definition) is 1. The number of piperidine rings is 1. The van der Waals surface area contributed by atoms with Crippen LogP contribution in [0.25, 0.3) is 0 Å². The smallest absolute Gasteiger partial charge is 0.248 e. The van der Waals surface area contributed by atoms with E-state index in [9.17, 15) is 13.2 Å². The summed E-state index contributed by atoms with van der Waals surface area (Å²) in [6.45, 7) is 6.94. The summed E-state index contributed by atoms with van der Waals surface area (Å²) in [6, 6.07) is 5.08. The molecule has 0 bridgehead atoms. The van der Waals surface area contributed by atoms with Crippen molar-refractivity contribution in [3.8, 4) is 0 Å².